The van der Waals surface area contributed by atoms with Gasteiger partial charge < -0.3 is 37.0 Å². The third-order valence-corrected chi connectivity index (χ3v) is 4.70. The Hall–Kier alpha value is -2.87. The summed E-state index contributed by atoms with van der Waals surface area (Å²) in [6, 6.07) is -5.10. The number of rotatable bonds is 15. The topological polar surface area (TPSA) is 225 Å². The third-order valence-electron chi connectivity index (χ3n) is 4.33. The summed E-state index contributed by atoms with van der Waals surface area (Å²) in [6.07, 6.45) is -1.32. The quantitative estimate of drug-likeness (QED) is 0.123. The summed E-state index contributed by atoms with van der Waals surface area (Å²) in [7, 11) is 0. The molecule has 0 saturated carbocycles. The normalized spacial score (nSPS) is 14.5. The first-order valence-corrected chi connectivity index (χ1v) is 10.4. The Morgan fingerprint density at radius 2 is 1.28 bits per heavy atom. The first kappa shape index (κ1) is 29.1. The number of carbonyl (C=O) groups excluding carboxylic acids is 3. The molecule has 0 aliphatic rings. The standard InChI is InChI=1S/C18H30N4O9S/c1-8(2)14(22-15(27)9(19)3-5-12(23)24)17(29)20-10(4-6-13(25)26)16(28)21-11(7-32)18(30)31/h8-11,14,32H,3-7,19H2,1-2H3,(H,20,29)(H,21,28)(H,22,27)(H,23,24)(H,25,26)(H,30,31). The Balaban J connectivity index is 5.37. The molecule has 14 heteroatoms. The van der Waals surface area contributed by atoms with Crippen LogP contribution in [0.5, 0.6) is 0 Å². The highest BCUT2D eigenvalue weighted by molar-refractivity contribution is 7.80. The van der Waals surface area contributed by atoms with Crippen molar-refractivity contribution in [1.82, 2.24) is 16.0 Å². The van der Waals surface area contributed by atoms with Gasteiger partial charge in [-0.3, -0.25) is 24.0 Å². The molecule has 0 aliphatic carbocycles. The largest absolute Gasteiger partial charge is 0.481 e. The van der Waals surface area contributed by atoms with Crippen molar-refractivity contribution in [2.45, 2.75) is 63.7 Å². The van der Waals surface area contributed by atoms with Crippen LogP contribution >= 0.6 is 12.6 Å². The van der Waals surface area contributed by atoms with Crippen molar-refractivity contribution in [3.63, 3.8) is 0 Å². The number of carboxylic acid groups (broad SMARTS) is 3. The number of nitrogens with two attached hydrogens (primary N) is 1. The van der Waals surface area contributed by atoms with Crippen molar-refractivity contribution in [1.29, 1.82) is 0 Å². The molecular weight excluding hydrogens is 448 g/mol. The number of carbonyl (C=O) groups is 6. The van der Waals surface area contributed by atoms with E-state index >= 15 is 0 Å². The van der Waals surface area contributed by atoms with Crippen molar-refractivity contribution < 1.29 is 44.1 Å². The zero-order valence-electron chi connectivity index (χ0n) is 17.7. The number of aliphatic carboxylic acids is 3. The van der Waals surface area contributed by atoms with Gasteiger partial charge in [0.25, 0.3) is 0 Å². The van der Waals surface area contributed by atoms with Crippen LogP contribution in [0, 0.1) is 5.92 Å². The molecule has 32 heavy (non-hydrogen) atoms. The number of carboxylic acids is 3. The molecule has 0 radical (unpaired) electrons. The van der Waals surface area contributed by atoms with Crippen LogP contribution in [-0.2, 0) is 28.8 Å². The molecule has 0 aromatic heterocycles. The Morgan fingerprint density at radius 3 is 1.72 bits per heavy atom. The van der Waals surface area contributed by atoms with E-state index in [0.717, 1.165) is 0 Å². The maximum absolute atomic E-state index is 12.7. The molecule has 3 amide bonds. The van der Waals surface area contributed by atoms with E-state index in [9.17, 15) is 28.8 Å². The van der Waals surface area contributed by atoms with Crippen LogP contribution in [0.25, 0.3) is 0 Å². The molecule has 0 heterocycles. The highest BCUT2D eigenvalue weighted by Gasteiger charge is 2.31. The minimum atomic E-state index is -1.39. The maximum atomic E-state index is 12.7. The molecule has 0 aliphatic heterocycles. The van der Waals surface area contributed by atoms with Crippen LogP contribution in [0.1, 0.15) is 39.5 Å². The van der Waals surface area contributed by atoms with Gasteiger partial charge in [0.15, 0.2) is 0 Å². The number of hydrogen-bond donors (Lipinski definition) is 8. The Bertz CT molecular complexity index is 717. The average molecular weight is 479 g/mol. The molecule has 0 fully saturated rings. The smallest absolute Gasteiger partial charge is 0.327 e. The van der Waals surface area contributed by atoms with Crippen molar-refractivity contribution >= 4 is 48.3 Å². The van der Waals surface area contributed by atoms with E-state index in [1.807, 2.05) is 0 Å². The van der Waals surface area contributed by atoms with E-state index in [1.165, 1.54) is 0 Å². The van der Waals surface area contributed by atoms with Crippen LogP contribution in [0.15, 0.2) is 0 Å². The number of amides is 3. The number of hydrogen-bond acceptors (Lipinski definition) is 8. The van der Waals surface area contributed by atoms with E-state index in [2.05, 4.69) is 28.6 Å². The lowest BCUT2D eigenvalue weighted by Gasteiger charge is -2.26. The lowest BCUT2D eigenvalue weighted by molar-refractivity contribution is -0.142. The highest BCUT2D eigenvalue weighted by Crippen LogP contribution is 2.07. The zero-order chi connectivity index (χ0) is 25.0. The molecule has 0 bridgehead atoms. The van der Waals surface area contributed by atoms with Gasteiger partial charge in [0, 0.05) is 18.6 Å². The fourth-order valence-corrected chi connectivity index (χ4v) is 2.71. The predicted octanol–water partition coefficient (Wildman–Crippen LogP) is -1.83. The van der Waals surface area contributed by atoms with Crippen LogP contribution in [-0.4, -0.2) is 80.9 Å². The van der Waals surface area contributed by atoms with E-state index in [1.54, 1.807) is 13.8 Å². The van der Waals surface area contributed by atoms with Crippen molar-refractivity contribution in [3.05, 3.63) is 0 Å². The molecule has 0 aromatic carbocycles. The van der Waals surface area contributed by atoms with Gasteiger partial charge in [0.05, 0.1) is 6.04 Å². The van der Waals surface area contributed by atoms with E-state index in [-0.39, 0.29) is 25.0 Å². The number of nitrogens with one attached hydrogen (secondary N) is 3. The van der Waals surface area contributed by atoms with Crippen molar-refractivity contribution in [2.75, 3.05) is 5.75 Å². The first-order valence-electron chi connectivity index (χ1n) is 9.74. The molecule has 0 rings (SSSR count). The molecule has 4 atom stereocenters. The van der Waals surface area contributed by atoms with Gasteiger partial charge in [-0.25, -0.2) is 4.79 Å². The van der Waals surface area contributed by atoms with Crippen molar-refractivity contribution in [2.24, 2.45) is 11.7 Å². The highest BCUT2D eigenvalue weighted by atomic mass is 32.1. The van der Waals surface area contributed by atoms with E-state index in [4.69, 9.17) is 21.1 Å². The average Bonchev–Trinajstić information content (AvgIpc) is 2.69. The molecule has 0 spiro atoms. The molecule has 4 unspecified atom stereocenters. The Morgan fingerprint density at radius 1 is 0.781 bits per heavy atom. The van der Waals surface area contributed by atoms with Gasteiger partial charge in [-0.15, -0.1) is 0 Å². The Kier molecular flexibility index (Phi) is 13.0. The van der Waals surface area contributed by atoms with E-state index in [0.29, 0.717) is 0 Å². The second-order valence-corrected chi connectivity index (χ2v) is 7.71. The van der Waals surface area contributed by atoms with Gasteiger partial charge in [0.1, 0.15) is 18.1 Å². The molecule has 13 nitrogen and oxygen atoms in total. The summed E-state index contributed by atoms with van der Waals surface area (Å²) >= 11 is 3.83. The minimum Gasteiger partial charge on any atom is -0.481 e. The summed E-state index contributed by atoms with van der Waals surface area (Å²) in [5.74, 6) is -6.96. The fourth-order valence-electron chi connectivity index (χ4n) is 2.46. The van der Waals surface area contributed by atoms with E-state index < -0.39 is 72.1 Å². The fraction of sp³-hybridized carbons (Fsp3) is 0.667. The lowest BCUT2D eigenvalue weighted by Crippen LogP contribution is -2.58. The molecule has 0 aromatic rings. The summed E-state index contributed by atoms with van der Waals surface area (Å²) in [5, 5.41) is 33.5. The van der Waals surface area contributed by atoms with Gasteiger partial charge in [0.2, 0.25) is 17.7 Å². The second-order valence-electron chi connectivity index (χ2n) is 7.34. The molecule has 0 saturated heterocycles. The summed E-state index contributed by atoms with van der Waals surface area (Å²) in [4.78, 5) is 70.1. The van der Waals surface area contributed by atoms with Crippen LogP contribution in [0.4, 0.5) is 0 Å². The van der Waals surface area contributed by atoms with Gasteiger partial charge in [-0.1, -0.05) is 13.8 Å². The van der Waals surface area contributed by atoms with Crippen LogP contribution in [0.2, 0.25) is 0 Å². The molecule has 8 N–H and O–H groups in total. The third kappa shape index (κ3) is 10.9. The van der Waals surface area contributed by atoms with Gasteiger partial charge in [-0.05, 0) is 18.8 Å². The zero-order valence-corrected chi connectivity index (χ0v) is 18.6. The van der Waals surface area contributed by atoms with Crippen LogP contribution in [0.3, 0.4) is 0 Å². The summed E-state index contributed by atoms with van der Waals surface area (Å²) < 4.78 is 0. The van der Waals surface area contributed by atoms with Crippen LogP contribution < -0.4 is 21.7 Å². The minimum absolute atomic E-state index is 0.155. The van der Waals surface area contributed by atoms with Gasteiger partial charge >= 0.3 is 17.9 Å². The summed E-state index contributed by atoms with van der Waals surface area (Å²) in [5.41, 5.74) is 5.64. The number of thiol groups is 1. The SMILES string of the molecule is CC(C)C(NC(=O)C(N)CCC(=O)O)C(=O)NC(CCC(=O)O)C(=O)NC(CS)C(=O)O. The monoisotopic (exact) mass is 478 g/mol. The maximum Gasteiger partial charge on any atom is 0.327 e. The predicted molar refractivity (Wildman–Crippen MR) is 114 cm³/mol. The molecular formula is C18H30N4O9S. The second kappa shape index (κ2) is 14.2. The lowest BCUT2D eigenvalue weighted by atomic mass is 10.0. The van der Waals surface area contributed by atoms with Crippen molar-refractivity contribution in [3.8, 4) is 0 Å². The summed E-state index contributed by atoms with van der Waals surface area (Å²) in [6.45, 7) is 3.20. The Labute approximate surface area is 189 Å². The van der Waals surface area contributed by atoms with Gasteiger partial charge in [-0.2, -0.15) is 12.6 Å². The molecule has 182 valence electrons. The first-order chi connectivity index (χ1) is 14.8.